The number of nitrogens with one attached hydrogen (secondary N) is 3. The number of aromatic amines is 1. The number of amides is 2. The number of hydrogen-bond acceptors (Lipinski definition) is 3. The molecule has 0 atom stereocenters. The molecular weight excluding hydrogens is 445 g/mol. The molecule has 4 rings (SSSR count). The molecule has 0 unspecified atom stereocenters. The molecule has 1 heterocycles. The summed E-state index contributed by atoms with van der Waals surface area (Å²) in [5, 5.41) is 5.99. The standard InChI is InChI=1S/C25H19ClFN3O3/c1-33-18-8-10-22-19(13-18)16(14-28-22)11-23(30-24(31)15-5-3-2-4-6-15)25(32)29-17-7-9-21(27)20(26)12-17/h2-14,28H,1H3,(H,29,32)(H,30,31)/b23-11+. The quantitative estimate of drug-likeness (QED) is 0.336. The van der Waals surface area contributed by atoms with E-state index in [1.165, 1.54) is 12.1 Å². The molecule has 3 aromatic carbocycles. The molecule has 8 heteroatoms. The Morgan fingerprint density at radius 2 is 1.85 bits per heavy atom. The Kier molecular flexibility index (Phi) is 6.42. The Morgan fingerprint density at radius 1 is 1.06 bits per heavy atom. The van der Waals surface area contributed by atoms with Gasteiger partial charge in [-0.1, -0.05) is 29.8 Å². The van der Waals surface area contributed by atoms with Crippen LogP contribution in [-0.2, 0) is 4.79 Å². The van der Waals surface area contributed by atoms with Gasteiger partial charge in [0.15, 0.2) is 0 Å². The highest BCUT2D eigenvalue weighted by Gasteiger charge is 2.17. The molecule has 0 fully saturated rings. The molecule has 4 aromatic rings. The van der Waals surface area contributed by atoms with Crippen LogP contribution in [0.5, 0.6) is 5.75 Å². The first-order valence-corrected chi connectivity index (χ1v) is 10.3. The Morgan fingerprint density at radius 3 is 2.58 bits per heavy atom. The molecule has 0 spiro atoms. The average molecular weight is 464 g/mol. The summed E-state index contributed by atoms with van der Waals surface area (Å²) >= 11 is 5.82. The summed E-state index contributed by atoms with van der Waals surface area (Å²) in [6.45, 7) is 0. The van der Waals surface area contributed by atoms with Gasteiger partial charge in [-0.25, -0.2) is 4.39 Å². The summed E-state index contributed by atoms with van der Waals surface area (Å²) in [5.41, 5.74) is 2.17. The van der Waals surface area contributed by atoms with Crippen molar-refractivity contribution in [3.63, 3.8) is 0 Å². The highest BCUT2D eigenvalue weighted by Crippen LogP contribution is 2.26. The lowest BCUT2D eigenvalue weighted by Gasteiger charge is -2.12. The number of fused-ring (bicyclic) bond motifs is 1. The number of rotatable bonds is 6. The van der Waals surface area contributed by atoms with Gasteiger partial charge in [-0.15, -0.1) is 0 Å². The van der Waals surface area contributed by atoms with Gasteiger partial charge in [-0.3, -0.25) is 9.59 Å². The van der Waals surface area contributed by atoms with Crippen LogP contribution in [0, 0.1) is 5.82 Å². The molecule has 2 amide bonds. The molecule has 0 radical (unpaired) electrons. The normalized spacial score (nSPS) is 11.3. The maximum absolute atomic E-state index is 13.5. The largest absolute Gasteiger partial charge is 0.497 e. The van der Waals surface area contributed by atoms with Crippen molar-refractivity contribution in [3.8, 4) is 5.75 Å². The van der Waals surface area contributed by atoms with E-state index in [-0.39, 0.29) is 16.4 Å². The van der Waals surface area contributed by atoms with Crippen LogP contribution < -0.4 is 15.4 Å². The van der Waals surface area contributed by atoms with E-state index < -0.39 is 17.6 Å². The SMILES string of the molecule is COc1ccc2[nH]cc(/C=C(/NC(=O)c3ccccc3)C(=O)Nc3ccc(F)c(Cl)c3)c2c1. The van der Waals surface area contributed by atoms with Crippen molar-refractivity contribution in [1.82, 2.24) is 10.3 Å². The fourth-order valence-corrected chi connectivity index (χ4v) is 3.42. The van der Waals surface area contributed by atoms with Crippen LogP contribution in [0.15, 0.2) is 78.6 Å². The second kappa shape index (κ2) is 9.58. The molecular formula is C25H19ClFN3O3. The summed E-state index contributed by atoms with van der Waals surface area (Å²) < 4.78 is 18.8. The number of halogens is 2. The van der Waals surface area contributed by atoms with Crippen LogP contribution in [0.3, 0.4) is 0 Å². The molecule has 0 saturated carbocycles. The molecule has 33 heavy (non-hydrogen) atoms. The molecule has 3 N–H and O–H groups in total. The monoisotopic (exact) mass is 463 g/mol. The van der Waals surface area contributed by atoms with Crippen LogP contribution in [-0.4, -0.2) is 23.9 Å². The van der Waals surface area contributed by atoms with E-state index in [0.29, 0.717) is 16.9 Å². The molecule has 0 aliphatic heterocycles. The second-order valence-corrected chi connectivity index (χ2v) is 7.52. The predicted octanol–water partition coefficient (Wildman–Crippen LogP) is 5.38. The number of aromatic nitrogens is 1. The van der Waals surface area contributed by atoms with Crippen molar-refractivity contribution in [2.24, 2.45) is 0 Å². The van der Waals surface area contributed by atoms with Gasteiger partial charge < -0.3 is 20.4 Å². The number of anilines is 1. The smallest absolute Gasteiger partial charge is 0.272 e. The lowest BCUT2D eigenvalue weighted by atomic mass is 10.1. The van der Waals surface area contributed by atoms with Crippen LogP contribution >= 0.6 is 11.6 Å². The molecule has 0 bridgehead atoms. The summed E-state index contributed by atoms with van der Waals surface area (Å²) in [7, 11) is 1.57. The van der Waals surface area contributed by atoms with Gasteiger partial charge in [0.2, 0.25) is 0 Å². The van der Waals surface area contributed by atoms with Crippen molar-refractivity contribution in [2.45, 2.75) is 0 Å². The number of ether oxygens (including phenoxy) is 1. The fourth-order valence-electron chi connectivity index (χ4n) is 3.24. The minimum Gasteiger partial charge on any atom is -0.497 e. The van der Waals surface area contributed by atoms with Gasteiger partial charge in [0.25, 0.3) is 11.8 Å². The van der Waals surface area contributed by atoms with E-state index in [4.69, 9.17) is 16.3 Å². The predicted molar refractivity (Wildman–Crippen MR) is 127 cm³/mol. The van der Waals surface area contributed by atoms with Crippen molar-refractivity contribution < 1.29 is 18.7 Å². The molecule has 0 aliphatic carbocycles. The Bertz CT molecular complexity index is 1370. The number of hydrogen-bond donors (Lipinski definition) is 3. The van der Waals surface area contributed by atoms with Gasteiger partial charge in [-0.2, -0.15) is 0 Å². The molecule has 166 valence electrons. The van der Waals surface area contributed by atoms with E-state index in [1.807, 2.05) is 18.2 Å². The zero-order valence-corrected chi connectivity index (χ0v) is 18.2. The lowest BCUT2D eigenvalue weighted by molar-refractivity contribution is -0.113. The number of H-pyrrole nitrogens is 1. The van der Waals surface area contributed by atoms with Gasteiger partial charge in [0.05, 0.1) is 12.1 Å². The van der Waals surface area contributed by atoms with Crippen molar-refractivity contribution >= 4 is 46.1 Å². The Labute approximate surface area is 194 Å². The Hall–Kier alpha value is -4.10. The topological polar surface area (TPSA) is 83.2 Å². The van der Waals surface area contributed by atoms with E-state index in [9.17, 15) is 14.0 Å². The van der Waals surface area contributed by atoms with Crippen LogP contribution in [0.4, 0.5) is 10.1 Å². The van der Waals surface area contributed by atoms with Gasteiger partial charge in [0, 0.05) is 33.9 Å². The fraction of sp³-hybridized carbons (Fsp3) is 0.0400. The average Bonchev–Trinajstić information content (AvgIpc) is 3.23. The lowest BCUT2D eigenvalue weighted by Crippen LogP contribution is -2.30. The maximum Gasteiger partial charge on any atom is 0.272 e. The van der Waals surface area contributed by atoms with E-state index >= 15 is 0 Å². The second-order valence-electron chi connectivity index (χ2n) is 7.12. The molecule has 0 aliphatic rings. The zero-order valence-electron chi connectivity index (χ0n) is 17.5. The summed E-state index contributed by atoms with van der Waals surface area (Å²) in [4.78, 5) is 29.0. The first-order chi connectivity index (χ1) is 15.9. The summed E-state index contributed by atoms with van der Waals surface area (Å²) in [6.07, 6.45) is 3.28. The molecule has 1 aromatic heterocycles. The first-order valence-electron chi connectivity index (χ1n) is 9.94. The molecule has 0 saturated heterocycles. The third-order valence-corrected chi connectivity index (χ3v) is 5.22. The van der Waals surface area contributed by atoms with Crippen LogP contribution in [0.25, 0.3) is 17.0 Å². The van der Waals surface area contributed by atoms with Crippen molar-refractivity contribution in [3.05, 3.63) is 101 Å². The summed E-state index contributed by atoms with van der Waals surface area (Å²) in [6, 6.07) is 17.8. The van der Waals surface area contributed by atoms with Gasteiger partial charge in [-0.05, 0) is 54.6 Å². The Balaban J connectivity index is 1.71. The first kappa shape index (κ1) is 22.1. The van der Waals surface area contributed by atoms with E-state index in [0.717, 1.165) is 17.0 Å². The van der Waals surface area contributed by atoms with E-state index in [2.05, 4.69) is 15.6 Å². The third-order valence-electron chi connectivity index (χ3n) is 4.93. The third kappa shape index (κ3) is 5.05. The van der Waals surface area contributed by atoms with Gasteiger partial charge >= 0.3 is 0 Å². The van der Waals surface area contributed by atoms with Crippen LogP contribution in [0.1, 0.15) is 15.9 Å². The van der Waals surface area contributed by atoms with Gasteiger partial charge in [0.1, 0.15) is 17.3 Å². The highest BCUT2D eigenvalue weighted by molar-refractivity contribution is 6.31. The van der Waals surface area contributed by atoms with Crippen molar-refractivity contribution in [2.75, 3.05) is 12.4 Å². The minimum absolute atomic E-state index is 0.00646. The number of methoxy groups -OCH3 is 1. The number of carbonyl (C=O) groups is 2. The number of carbonyl (C=O) groups excluding carboxylic acids is 2. The van der Waals surface area contributed by atoms with Crippen molar-refractivity contribution in [1.29, 1.82) is 0 Å². The maximum atomic E-state index is 13.5. The molecule has 6 nitrogen and oxygen atoms in total. The minimum atomic E-state index is -0.601. The van der Waals surface area contributed by atoms with Crippen LogP contribution in [0.2, 0.25) is 5.02 Å². The van der Waals surface area contributed by atoms with E-state index in [1.54, 1.807) is 49.7 Å². The summed E-state index contributed by atoms with van der Waals surface area (Å²) in [5.74, 6) is -1.00. The highest BCUT2D eigenvalue weighted by atomic mass is 35.5. The zero-order chi connectivity index (χ0) is 23.4. The number of benzene rings is 3.